The molecule has 0 amide bonds. The van der Waals surface area contributed by atoms with Crippen molar-refractivity contribution < 1.29 is 20.1 Å². The predicted molar refractivity (Wildman–Crippen MR) is 109 cm³/mol. The van der Waals surface area contributed by atoms with E-state index in [0.717, 1.165) is 19.3 Å². The van der Waals surface area contributed by atoms with Crippen molar-refractivity contribution in [2.45, 2.75) is 98.1 Å². The zero-order valence-electron chi connectivity index (χ0n) is 18.4. The second kappa shape index (κ2) is 8.04. The van der Waals surface area contributed by atoms with Crippen LogP contribution in [0.15, 0.2) is 12.3 Å². The quantitative estimate of drug-likeness (QED) is 0.686. The molecule has 0 aromatic rings. The minimum atomic E-state index is -1.45. The van der Waals surface area contributed by atoms with Crippen LogP contribution < -0.4 is 0 Å². The Bertz CT molecular complexity index is 530. The second-order valence-corrected chi connectivity index (χ2v) is 10.2. The normalized spacial score (nSPS) is 46.9. The monoisotopic (exact) mass is 382 g/mol. The lowest BCUT2D eigenvalue weighted by molar-refractivity contribution is -0.183. The number of allylic oxidation sites excluding steroid dienone is 1. The first-order chi connectivity index (χ1) is 12.3. The first kappa shape index (κ1) is 22.7. The van der Waals surface area contributed by atoms with Gasteiger partial charge in [0, 0.05) is 11.8 Å². The molecule has 2 fully saturated rings. The maximum atomic E-state index is 11.1. The van der Waals surface area contributed by atoms with Crippen molar-refractivity contribution in [1.82, 2.24) is 0 Å². The number of ether oxygens (including phenoxy) is 1. The lowest BCUT2D eigenvalue weighted by Crippen LogP contribution is -2.57. The third-order valence-electron chi connectivity index (χ3n) is 8.08. The third kappa shape index (κ3) is 4.23. The number of fused-ring (bicyclic) bond motifs is 2. The Balaban J connectivity index is 2.43. The molecule has 1 aliphatic heterocycles. The molecule has 1 heterocycles. The van der Waals surface area contributed by atoms with E-state index in [1.807, 2.05) is 13.8 Å². The maximum Gasteiger partial charge on any atom is 0.134 e. The summed E-state index contributed by atoms with van der Waals surface area (Å²) in [7, 11) is 0. The molecule has 3 N–H and O–H groups in total. The van der Waals surface area contributed by atoms with Gasteiger partial charge in [-0.2, -0.15) is 0 Å². The summed E-state index contributed by atoms with van der Waals surface area (Å²) in [4.78, 5) is 0. The van der Waals surface area contributed by atoms with Crippen molar-refractivity contribution in [1.29, 1.82) is 0 Å². The van der Waals surface area contributed by atoms with E-state index in [1.165, 1.54) is 0 Å². The molecule has 4 nitrogen and oxygen atoms in total. The molecule has 2 bridgehead atoms. The minimum Gasteiger partial charge on any atom is -0.492 e. The minimum absolute atomic E-state index is 0.0884. The van der Waals surface area contributed by atoms with Gasteiger partial charge < -0.3 is 20.1 Å². The van der Waals surface area contributed by atoms with Crippen LogP contribution in [0.2, 0.25) is 0 Å². The molecule has 2 rings (SSSR count). The SMILES string of the molecule is C=C1OC([C@](C)(O)[C@H](O)CC)[C@@H](C)C(O)C(C)C[C@]2(C)C[C@@H]1CC(C)C2C. The van der Waals surface area contributed by atoms with Gasteiger partial charge in [-0.25, -0.2) is 0 Å². The van der Waals surface area contributed by atoms with Gasteiger partial charge in [0.05, 0.1) is 18.0 Å². The molecule has 1 saturated heterocycles. The van der Waals surface area contributed by atoms with Crippen molar-refractivity contribution in [3.05, 3.63) is 12.3 Å². The largest absolute Gasteiger partial charge is 0.492 e. The highest BCUT2D eigenvalue weighted by atomic mass is 16.5. The van der Waals surface area contributed by atoms with Crippen LogP contribution in [0.5, 0.6) is 0 Å². The summed E-state index contributed by atoms with van der Waals surface area (Å²) in [5, 5.41) is 32.7. The Labute approximate surface area is 166 Å². The Kier molecular flexibility index (Phi) is 6.76. The van der Waals surface area contributed by atoms with Crippen molar-refractivity contribution in [2.75, 3.05) is 0 Å². The predicted octanol–water partition coefficient (Wildman–Crippen LogP) is 4.13. The van der Waals surface area contributed by atoms with Crippen LogP contribution in [-0.2, 0) is 4.74 Å². The van der Waals surface area contributed by atoms with E-state index in [4.69, 9.17) is 4.74 Å². The van der Waals surface area contributed by atoms with E-state index in [2.05, 4.69) is 34.3 Å². The zero-order valence-corrected chi connectivity index (χ0v) is 18.4. The molecule has 0 radical (unpaired) electrons. The highest BCUT2D eigenvalue weighted by Crippen LogP contribution is 2.53. The number of aliphatic hydroxyl groups excluding tert-OH is 2. The van der Waals surface area contributed by atoms with Crippen LogP contribution in [-0.4, -0.2) is 39.2 Å². The first-order valence-electron chi connectivity index (χ1n) is 10.8. The van der Waals surface area contributed by atoms with Crippen molar-refractivity contribution in [3.63, 3.8) is 0 Å². The number of hydrogen-bond donors (Lipinski definition) is 3. The van der Waals surface area contributed by atoms with Crippen LogP contribution in [0.4, 0.5) is 0 Å². The Morgan fingerprint density at radius 1 is 1.22 bits per heavy atom. The van der Waals surface area contributed by atoms with Gasteiger partial charge >= 0.3 is 0 Å². The first-order valence-corrected chi connectivity index (χ1v) is 10.8. The molecule has 0 spiro atoms. The standard InChI is InChI=1S/C23H42O4/c1-9-19(24)23(8,26)21-15(4)20(25)14(3)11-22(7)12-18(17(6)27-21)10-13(2)16(22)5/h13-16,18-21,24-26H,6,9-12H2,1-5,7-8H3/t13?,14?,15-,16?,18-,19+,20?,21?,22+,23+/m0/s1. The smallest absolute Gasteiger partial charge is 0.134 e. The van der Waals surface area contributed by atoms with Gasteiger partial charge in [-0.1, -0.05) is 48.1 Å². The van der Waals surface area contributed by atoms with Gasteiger partial charge in [0.1, 0.15) is 11.7 Å². The fraction of sp³-hybridized carbons (Fsp3) is 0.913. The molecule has 0 aromatic heterocycles. The van der Waals surface area contributed by atoms with E-state index in [1.54, 1.807) is 6.92 Å². The van der Waals surface area contributed by atoms with Crippen molar-refractivity contribution in [2.24, 2.45) is 35.0 Å². The average Bonchev–Trinajstić information content (AvgIpc) is 2.60. The molecule has 10 atom stereocenters. The summed E-state index contributed by atoms with van der Waals surface area (Å²) >= 11 is 0. The second-order valence-electron chi connectivity index (χ2n) is 10.2. The molecule has 1 saturated carbocycles. The molecule has 2 aliphatic rings. The summed E-state index contributed by atoms with van der Waals surface area (Å²) < 4.78 is 6.30. The van der Waals surface area contributed by atoms with E-state index in [0.29, 0.717) is 24.0 Å². The number of hydrogen-bond acceptors (Lipinski definition) is 4. The highest BCUT2D eigenvalue weighted by Gasteiger charge is 2.50. The summed E-state index contributed by atoms with van der Waals surface area (Å²) in [5.41, 5.74) is -1.32. The van der Waals surface area contributed by atoms with Gasteiger partial charge in [-0.15, -0.1) is 0 Å². The van der Waals surface area contributed by atoms with Crippen molar-refractivity contribution in [3.8, 4) is 0 Å². The van der Waals surface area contributed by atoms with Crippen LogP contribution in [0.3, 0.4) is 0 Å². The summed E-state index contributed by atoms with van der Waals surface area (Å²) in [6.07, 6.45) is 1.17. The lowest BCUT2D eigenvalue weighted by atomic mass is 9.56. The Morgan fingerprint density at radius 3 is 2.37 bits per heavy atom. The Morgan fingerprint density at radius 2 is 1.81 bits per heavy atom. The van der Waals surface area contributed by atoms with Crippen LogP contribution >= 0.6 is 0 Å². The number of rotatable bonds is 3. The van der Waals surface area contributed by atoms with Gasteiger partial charge in [0.2, 0.25) is 0 Å². The van der Waals surface area contributed by atoms with Crippen LogP contribution in [0.1, 0.15) is 74.1 Å². The lowest BCUT2D eigenvalue weighted by Gasteiger charge is -2.52. The average molecular weight is 383 g/mol. The van der Waals surface area contributed by atoms with Crippen LogP contribution in [0, 0.1) is 35.0 Å². The van der Waals surface area contributed by atoms with Gasteiger partial charge in [0.25, 0.3) is 0 Å². The van der Waals surface area contributed by atoms with E-state index in [9.17, 15) is 15.3 Å². The molecule has 4 heteroatoms. The highest BCUT2D eigenvalue weighted by molar-refractivity contribution is 5.06. The zero-order chi connectivity index (χ0) is 20.7. The molecule has 0 aromatic carbocycles. The topological polar surface area (TPSA) is 69.9 Å². The fourth-order valence-electron chi connectivity index (χ4n) is 5.86. The third-order valence-corrected chi connectivity index (χ3v) is 8.08. The van der Waals surface area contributed by atoms with Gasteiger partial charge in [-0.05, 0) is 55.8 Å². The molecule has 158 valence electrons. The van der Waals surface area contributed by atoms with Crippen LogP contribution in [0.25, 0.3) is 0 Å². The summed E-state index contributed by atoms with van der Waals surface area (Å²) in [6.45, 7) is 18.7. The molecular formula is C23H42O4. The molecule has 27 heavy (non-hydrogen) atoms. The summed E-state index contributed by atoms with van der Waals surface area (Å²) in [5.74, 6) is 1.84. The van der Waals surface area contributed by atoms with Crippen molar-refractivity contribution >= 4 is 0 Å². The summed E-state index contributed by atoms with van der Waals surface area (Å²) in [6, 6.07) is 0. The molecule has 1 aliphatic carbocycles. The molecule has 5 unspecified atom stereocenters. The maximum absolute atomic E-state index is 11.1. The van der Waals surface area contributed by atoms with Gasteiger partial charge in [0.15, 0.2) is 0 Å². The number of aliphatic hydroxyl groups is 3. The van der Waals surface area contributed by atoms with E-state index >= 15 is 0 Å². The molecular weight excluding hydrogens is 340 g/mol. The van der Waals surface area contributed by atoms with E-state index in [-0.39, 0.29) is 23.2 Å². The van der Waals surface area contributed by atoms with Gasteiger partial charge in [-0.3, -0.25) is 0 Å². The fourth-order valence-corrected chi connectivity index (χ4v) is 5.86. The Hall–Kier alpha value is -0.580. The van der Waals surface area contributed by atoms with E-state index < -0.39 is 23.9 Å².